The highest BCUT2D eigenvalue weighted by Gasteiger charge is 2.43. The second-order valence-corrected chi connectivity index (χ2v) is 8.98. The van der Waals surface area contributed by atoms with Crippen molar-refractivity contribution in [3.8, 4) is 0 Å². The van der Waals surface area contributed by atoms with Crippen molar-refractivity contribution in [1.29, 1.82) is 0 Å². The maximum Gasteiger partial charge on any atom is 0.401 e. The molecule has 2 saturated heterocycles. The number of hydrogen-bond donors (Lipinski definition) is 3. The third-order valence-electron chi connectivity index (χ3n) is 5.84. The number of alkyl halides is 3. The molecule has 3 rings (SSSR count). The van der Waals surface area contributed by atoms with E-state index in [1.165, 1.54) is 4.90 Å². The van der Waals surface area contributed by atoms with Crippen LogP contribution in [0, 0.1) is 5.92 Å². The summed E-state index contributed by atoms with van der Waals surface area (Å²) in [4.78, 5) is 25.6. The minimum Gasteiger partial charge on any atom is -0.347 e. The maximum absolute atomic E-state index is 13.0. The molecule has 2 aliphatic heterocycles. The van der Waals surface area contributed by atoms with E-state index in [0.29, 0.717) is 17.9 Å². The topological polar surface area (TPSA) is 73.5 Å². The SMILES string of the molecule is CC1(C)C[C@@H]([C@H](NC(=O)[C@@H]2CNC(=O)N2)c2ccc(Cl)cc2)CCN1CC(F)(F)F. The number of nitrogens with zero attached hydrogens (tertiary/aromatic N) is 1. The van der Waals surface area contributed by atoms with Crippen LogP contribution in [-0.4, -0.2) is 54.2 Å². The summed E-state index contributed by atoms with van der Waals surface area (Å²) in [6.07, 6.45) is -3.28. The Labute approximate surface area is 178 Å². The second kappa shape index (κ2) is 8.63. The van der Waals surface area contributed by atoms with Crippen LogP contribution in [0.15, 0.2) is 24.3 Å². The number of hydrogen-bond acceptors (Lipinski definition) is 3. The van der Waals surface area contributed by atoms with Crippen LogP contribution >= 0.6 is 11.6 Å². The van der Waals surface area contributed by atoms with Crippen molar-refractivity contribution in [2.45, 2.75) is 50.5 Å². The first-order chi connectivity index (χ1) is 13.9. The minimum absolute atomic E-state index is 0.0697. The Balaban J connectivity index is 1.79. The quantitative estimate of drug-likeness (QED) is 0.650. The molecule has 2 aliphatic rings. The minimum atomic E-state index is -4.26. The fourth-order valence-electron chi connectivity index (χ4n) is 4.30. The van der Waals surface area contributed by atoms with Crippen molar-refractivity contribution in [1.82, 2.24) is 20.9 Å². The predicted octanol–water partition coefficient (Wildman–Crippen LogP) is 3.23. The summed E-state index contributed by atoms with van der Waals surface area (Å²) < 4.78 is 38.9. The van der Waals surface area contributed by atoms with E-state index < -0.39 is 36.4 Å². The first-order valence-electron chi connectivity index (χ1n) is 9.87. The van der Waals surface area contributed by atoms with E-state index in [-0.39, 0.29) is 24.9 Å². The number of nitrogens with one attached hydrogen (secondary N) is 3. The van der Waals surface area contributed by atoms with Gasteiger partial charge in [-0.2, -0.15) is 13.2 Å². The van der Waals surface area contributed by atoms with Crippen molar-refractivity contribution >= 4 is 23.5 Å². The van der Waals surface area contributed by atoms with E-state index in [1.807, 2.05) is 12.1 Å². The van der Waals surface area contributed by atoms with Crippen LogP contribution in [0.25, 0.3) is 0 Å². The number of piperidine rings is 1. The van der Waals surface area contributed by atoms with Gasteiger partial charge in [0.05, 0.1) is 12.6 Å². The average molecular weight is 447 g/mol. The van der Waals surface area contributed by atoms with Crippen LogP contribution in [0.5, 0.6) is 0 Å². The molecule has 1 aromatic carbocycles. The Bertz CT molecular complexity index is 785. The van der Waals surface area contributed by atoms with E-state index in [9.17, 15) is 22.8 Å². The highest BCUT2D eigenvalue weighted by atomic mass is 35.5. The summed E-state index contributed by atoms with van der Waals surface area (Å²) in [6.45, 7) is 3.11. The van der Waals surface area contributed by atoms with Gasteiger partial charge in [0, 0.05) is 17.1 Å². The Morgan fingerprint density at radius 1 is 1.33 bits per heavy atom. The van der Waals surface area contributed by atoms with E-state index in [0.717, 1.165) is 5.56 Å². The summed E-state index contributed by atoms with van der Waals surface area (Å²) in [5, 5.41) is 8.67. The van der Waals surface area contributed by atoms with E-state index in [2.05, 4.69) is 16.0 Å². The molecule has 1 aromatic rings. The molecule has 30 heavy (non-hydrogen) atoms. The smallest absolute Gasteiger partial charge is 0.347 e. The van der Waals surface area contributed by atoms with Crippen LogP contribution in [0.2, 0.25) is 5.02 Å². The lowest BCUT2D eigenvalue weighted by Gasteiger charge is -2.48. The normalized spacial score (nSPS) is 25.3. The molecule has 2 heterocycles. The van der Waals surface area contributed by atoms with Crippen molar-refractivity contribution in [2.75, 3.05) is 19.6 Å². The van der Waals surface area contributed by atoms with Gasteiger partial charge in [-0.3, -0.25) is 9.69 Å². The Kier molecular flexibility index (Phi) is 6.52. The molecule has 10 heteroatoms. The summed E-state index contributed by atoms with van der Waals surface area (Å²) in [5.74, 6) is -0.400. The van der Waals surface area contributed by atoms with E-state index in [1.54, 1.807) is 26.0 Å². The third-order valence-corrected chi connectivity index (χ3v) is 6.10. The van der Waals surface area contributed by atoms with Crippen LogP contribution in [0.4, 0.5) is 18.0 Å². The number of rotatable bonds is 5. The molecule has 3 N–H and O–H groups in total. The number of benzene rings is 1. The average Bonchev–Trinajstić information content (AvgIpc) is 3.07. The number of urea groups is 1. The van der Waals surface area contributed by atoms with E-state index in [4.69, 9.17) is 11.6 Å². The number of amides is 3. The summed E-state index contributed by atoms with van der Waals surface area (Å²) in [5.41, 5.74) is 0.145. The Hall–Kier alpha value is -2.00. The molecule has 0 spiro atoms. The molecule has 0 saturated carbocycles. The summed E-state index contributed by atoms with van der Waals surface area (Å²) in [6, 6.07) is 5.57. The molecule has 0 bridgehead atoms. The fraction of sp³-hybridized carbons (Fsp3) is 0.600. The van der Waals surface area contributed by atoms with Crippen LogP contribution in [0.3, 0.4) is 0 Å². The predicted molar refractivity (Wildman–Crippen MR) is 107 cm³/mol. The number of carbonyl (C=O) groups is 2. The first kappa shape index (κ1) is 22.7. The van der Waals surface area contributed by atoms with Crippen molar-refractivity contribution < 1.29 is 22.8 Å². The highest BCUT2D eigenvalue weighted by Crippen LogP contribution is 2.40. The molecule has 2 fully saturated rings. The summed E-state index contributed by atoms with van der Waals surface area (Å²) >= 11 is 6.00. The second-order valence-electron chi connectivity index (χ2n) is 8.55. The Morgan fingerprint density at radius 3 is 2.53 bits per heavy atom. The molecule has 3 atom stereocenters. The van der Waals surface area contributed by atoms with Gasteiger partial charge >= 0.3 is 12.2 Å². The molecule has 6 nitrogen and oxygen atoms in total. The zero-order valence-corrected chi connectivity index (χ0v) is 17.6. The van der Waals surface area contributed by atoms with E-state index >= 15 is 0 Å². The zero-order chi connectivity index (χ0) is 22.1. The van der Waals surface area contributed by atoms with Crippen molar-refractivity contribution in [3.63, 3.8) is 0 Å². The molecule has 0 aromatic heterocycles. The largest absolute Gasteiger partial charge is 0.401 e. The van der Waals surface area contributed by atoms with Gasteiger partial charge < -0.3 is 16.0 Å². The van der Waals surface area contributed by atoms with Gasteiger partial charge in [0.1, 0.15) is 6.04 Å². The van der Waals surface area contributed by atoms with Gasteiger partial charge in [0.15, 0.2) is 0 Å². The van der Waals surface area contributed by atoms with Crippen LogP contribution in [0.1, 0.15) is 38.3 Å². The molecular formula is C20H26ClF3N4O2. The fourth-order valence-corrected chi connectivity index (χ4v) is 4.43. The molecule has 3 amide bonds. The zero-order valence-electron chi connectivity index (χ0n) is 16.9. The van der Waals surface area contributed by atoms with Crippen molar-refractivity contribution in [3.05, 3.63) is 34.9 Å². The number of carbonyl (C=O) groups excluding carboxylic acids is 2. The third kappa shape index (κ3) is 5.57. The highest BCUT2D eigenvalue weighted by molar-refractivity contribution is 6.30. The van der Waals surface area contributed by atoms with Gasteiger partial charge in [-0.05, 0) is 56.8 Å². The molecule has 166 valence electrons. The van der Waals surface area contributed by atoms with Gasteiger partial charge in [0.2, 0.25) is 5.91 Å². The number of halogens is 4. The van der Waals surface area contributed by atoms with Gasteiger partial charge in [-0.15, -0.1) is 0 Å². The van der Waals surface area contributed by atoms with Crippen LogP contribution in [-0.2, 0) is 4.79 Å². The maximum atomic E-state index is 13.0. The molecule has 0 aliphatic carbocycles. The van der Waals surface area contributed by atoms with Gasteiger partial charge in [-0.25, -0.2) is 4.79 Å². The molecule has 0 unspecified atom stereocenters. The van der Waals surface area contributed by atoms with Gasteiger partial charge in [0.25, 0.3) is 0 Å². The first-order valence-corrected chi connectivity index (χ1v) is 10.2. The lowest BCUT2D eigenvalue weighted by atomic mass is 9.77. The van der Waals surface area contributed by atoms with Crippen molar-refractivity contribution in [2.24, 2.45) is 5.92 Å². The lowest BCUT2D eigenvalue weighted by Crippen LogP contribution is -2.55. The lowest BCUT2D eigenvalue weighted by molar-refractivity contribution is -0.164. The molecular weight excluding hydrogens is 421 g/mol. The number of likely N-dealkylation sites (tertiary alicyclic amines) is 1. The van der Waals surface area contributed by atoms with Crippen LogP contribution < -0.4 is 16.0 Å². The van der Waals surface area contributed by atoms with Gasteiger partial charge in [-0.1, -0.05) is 23.7 Å². The monoisotopic (exact) mass is 446 g/mol. The molecule has 0 radical (unpaired) electrons. The Morgan fingerprint density at radius 2 is 2.00 bits per heavy atom. The summed E-state index contributed by atoms with van der Waals surface area (Å²) in [7, 11) is 0. The standard InChI is InChI=1S/C20H26ClF3N4O2/c1-19(2)9-13(7-8-28(19)11-20(22,23)24)16(12-3-5-14(21)6-4-12)27-17(29)15-10-25-18(30)26-15/h3-6,13,15-16H,7-11H2,1-2H3,(H,27,29)(H2,25,26,30)/t13-,15-,16+/m0/s1.